The molecule has 19 heavy (non-hydrogen) atoms. The zero-order valence-electron chi connectivity index (χ0n) is 11.5. The number of nitrogens with two attached hydrogens (primary N) is 1. The van der Waals surface area contributed by atoms with Gasteiger partial charge in [-0.25, -0.2) is 0 Å². The molecule has 0 saturated heterocycles. The van der Waals surface area contributed by atoms with Gasteiger partial charge in [-0.15, -0.1) is 0 Å². The largest absolute Gasteiger partial charge is 0.271 e. The second-order valence-corrected chi connectivity index (χ2v) is 6.55. The number of nitrogens with one attached hydrogen (secondary N) is 1. The summed E-state index contributed by atoms with van der Waals surface area (Å²) in [5.41, 5.74) is 5.28. The molecule has 1 heterocycles. The number of pyridine rings is 1. The smallest absolute Gasteiger partial charge is 0.0704 e. The van der Waals surface area contributed by atoms with Crippen LogP contribution in [0.4, 0.5) is 0 Å². The Morgan fingerprint density at radius 2 is 2.05 bits per heavy atom. The molecule has 2 aromatic rings. The second kappa shape index (κ2) is 6.89. The van der Waals surface area contributed by atoms with Crippen molar-refractivity contribution in [2.75, 3.05) is 5.75 Å². The third-order valence-corrected chi connectivity index (χ3v) is 4.33. The molecule has 0 bridgehead atoms. The fraction of sp³-hybridized carbons (Fsp3) is 0.400. The molecule has 1 unspecified atom stereocenters. The number of aromatic nitrogens is 1. The van der Waals surface area contributed by atoms with Crippen LogP contribution in [0.1, 0.15) is 19.4 Å². The monoisotopic (exact) mass is 275 g/mol. The fourth-order valence-corrected chi connectivity index (χ4v) is 2.90. The Labute approximate surface area is 119 Å². The maximum Gasteiger partial charge on any atom is 0.0704 e. The summed E-state index contributed by atoms with van der Waals surface area (Å²) >= 11 is 1.93. The van der Waals surface area contributed by atoms with Crippen molar-refractivity contribution in [3.05, 3.63) is 42.1 Å². The molecule has 1 atom stereocenters. The minimum atomic E-state index is 0.290. The molecule has 0 aliphatic carbocycles. The quantitative estimate of drug-likeness (QED) is 0.629. The highest BCUT2D eigenvalue weighted by Crippen LogP contribution is 2.19. The lowest BCUT2D eigenvalue weighted by molar-refractivity contribution is 0.576. The van der Waals surface area contributed by atoms with Crippen molar-refractivity contribution in [3.63, 3.8) is 0 Å². The molecule has 0 aliphatic heterocycles. The molecule has 0 spiro atoms. The van der Waals surface area contributed by atoms with Gasteiger partial charge in [-0.2, -0.15) is 11.8 Å². The topological polar surface area (TPSA) is 50.9 Å². The van der Waals surface area contributed by atoms with Crippen molar-refractivity contribution in [1.29, 1.82) is 0 Å². The van der Waals surface area contributed by atoms with Crippen molar-refractivity contribution in [1.82, 2.24) is 10.4 Å². The minimum Gasteiger partial charge on any atom is -0.271 e. The van der Waals surface area contributed by atoms with E-state index in [4.69, 9.17) is 5.84 Å². The van der Waals surface area contributed by atoms with Gasteiger partial charge in [0.15, 0.2) is 0 Å². The summed E-state index contributed by atoms with van der Waals surface area (Å²) in [5, 5.41) is 1.85. The van der Waals surface area contributed by atoms with E-state index >= 15 is 0 Å². The lowest BCUT2D eigenvalue weighted by Crippen LogP contribution is -2.39. The van der Waals surface area contributed by atoms with Crippen LogP contribution in [-0.2, 0) is 6.42 Å². The zero-order chi connectivity index (χ0) is 13.7. The lowest BCUT2D eigenvalue weighted by Gasteiger charge is -2.17. The molecule has 1 aromatic carbocycles. The van der Waals surface area contributed by atoms with Crippen LogP contribution in [0.2, 0.25) is 0 Å². The molecule has 4 heteroatoms. The zero-order valence-corrected chi connectivity index (χ0v) is 12.3. The van der Waals surface area contributed by atoms with Gasteiger partial charge in [-0.3, -0.25) is 16.3 Å². The first kappa shape index (κ1) is 14.3. The van der Waals surface area contributed by atoms with Crippen LogP contribution in [-0.4, -0.2) is 22.0 Å². The summed E-state index contributed by atoms with van der Waals surface area (Å²) in [6, 6.07) is 10.6. The van der Waals surface area contributed by atoms with E-state index in [1.807, 2.05) is 30.1 Å². The van der Waals surface area contributed by atoms with Crippen LogP contribution in [0.3, 0.4) is 0 Å². The molecule has 2 rings (SSSR count). The summed E-state index contributed by atoms with van der Waals surface area (Å²) in [6.07, 6.45) is 2.81. The number of benzene rings is 1. The van der Waals surface area contributed by atoms with Crippen LogP contribution in [0.5, 0.6) is 0 Å². The van der Waals surface area contributed by atoms with Gasteiger partial charge >= 0.3 is 0 Å². The number of hydrogen-bond donors (Lipinski definition) is 2. The fourth-order valence-electron chi connectivity index (χ4n) is 2.07. The Bertz CT molecular complexity index is 522. The van der Waals surface area contributed by atoms with E-state index in [0.717, 1.165) is 17.7 Å². The van der Waals surface area contributed by atoms with Crippen LogP contribution in [0, 0.1) is 0 Å². The maximum absolute atomic E-state index is 5.67. The van der Waals surface area contributed by atoms with E-state index in [2.05, 4.69) is 42.5 Å². The predicted molar refractivity (Wildman–Crippen MR) is 84.2 cm³/mol. The summed E-state index contributed by atoms with van der Waals surface area (Å²) in [5.74, 6) is 6.69. The van der Waals surface area contributed by atoms with Crippen molar-refractivity contribution in [2.24, 2.45) is 5.84 Å². The van der Waals surface area contributed by atoms with Gasteiger partial charge in [0.05, 0.1) is 5.52 Å². The van der Waals surface area contributed by atoms with Crippen molar-refractivity contribution >= 4 is 22.7 Å². The van der Waals surface area contributed by atoms with Gasteiger partial charge in [-0.1, -0.05) is 32.0 Å². The number of nitrogens with zero attached hydrogens (tertiary/aromatic N) is 1. The van der Waals surface area contributed by atoms with E-state index in [1.54, 1.807) is 0 Å². The van der Waals surface area contributed by atoms with Gasteiger partial charge in [0.25, 0.3) is 0 Å². The Balaban J connectivity index is 2.15. The number of para-hydroxylation sites is 1. The average Bonchev–Trinajstić information content (AvgIpc) is 2.43. The standard InChI is InChI=1S/C15H21N3S/c1-11(2)19-10-13(18-16)9-12-7-8-17-15-6-4-3-5-14(12)15/h3-8,11,13,18H,9-10,16H2,1-2H3. The molecule has 0 amide bonds. The van der Waals surface area contributed by atoms with Crippen LogP contribution in [0.15, 0.2) is 36.5 Å². The highest BCUT2D eigenvalue weighted by atomic mass is 32.2. The normalized spacial score (nSPS) is 13.1. The number of rotatable bonds is 6. The molecular formula is C15H21N3S. The van der Waals surface area contributed by atoms with Crippen molar-refractivity contribution in [2.45, 2.75) is 31.6 Å². The van der Waals surface area contributed by atoms with Crippen LogP contribution in [0.25, 0.3) is 10.9 Å². The summed E-state index contributed by atoms with van der Waals surface area (Å²) < 4.78 is 0. The lowest BCUT2D eigenvalue weighted by atomic mass is 10.0. The number of fused-ring (bicyclic) bond motifs is 1. The molecule has 1 aromatic heterocycles. The van der Waals surface area contributed by atoms with Gasteiger partial charge in [0.2, 0.25) is 0 Å². The van der Waals surface area contributed by atoms with Gasteiger partial charge in [0, 0.05) is 23.4 Å². The number of thioether (sulfide) groups is 1. The van der Waals surface area contributed by atoms with Crippen LogP contribution >= 0.6 is 11.8 Å². The minimum absolute atomic E-state index is 0.290. The second-order valence-electron chi connectivity index (χ2n) is 4.94. The number of hydrazine groups is 1. The first-order valence-electron chi connectivity index (χ1n) is 6.61. The van der Waals surface area contributed by atoms with Gasteiger partial charge in [-0.05, 0) is 29.4 Å². The summed E-state index contributed by atoms with van der Waals surface area (Å²) in [7, 11) is 0. The van der Waals surface area contributed by atoms with Gasteiger partial charge in [0.1, 0.15) is 0 Å². The molecule has 3 N–H and O–H groups in total. The van der Waals surface area contributed by atoms with Gasteiger partial charge < -0.3 is 0 Å². The van der Waals surface area contributed by atoms with Crippen LogP contribution < -0.4 is 11.3 Å². The van der Waals surface area contributed by atoms with E-state index in [9.17, 15) is 0 Å². The Morgan fingerprint density at radius 1 is 1.26 bits per heavy atom. The molecule has 0 aliphatic rings. The van der Waals surface area contributed by atoms with Crippen molar-refractivity contribution < 1.29 is 0 Å². The first-order valence-corrected chi connectivity index (χ1v) is 7.66. The average molecular weight is 275 g/mol. The Hall–Kier alpha value is -1.10. The predicted octanol–water partition coefficient (Wildman–Crippen LogP) is 2.75. The van der Waals surface area contributed by atoms with Crippen molar-refractivity contribution in [3.8, 4) is 0 Å². The summed E-state index contributed by atoms with van der Waals surface area (Å²) in [4.78, 5) is 4.39. The molecule has 0 fully saturated rings. The highest BCUT2D eigenvalue weighted by Gasteiger charge is 2.11. The van der Waals surface area contributed by atoms with E-state index in [0.29, 0.717) is 11.3 Å². The first-order chi connectivity index (χ1) is 9.20. The van der Waals surface area contributed by atoms with E-state index in [1.165, 1.54) is 10.9 Å². The summed E-state index contributed by atoms with van der Waals surface area (Å²) in [6.45, 7) is 4.42. The third-order valence-electron chi connectivity index (χ3n) is 3.07. The molecule has 0 radical (unpaired) electrons. The molecule has 102 valence electrons. The van der Waals surface area contributed by atoms with E-state index in [-0.39, 0.29) is 0 Å². The Kier molecular flexibility index (Phi) is 5.19. The number of hydrogen-bond acceptors (Lipinski definition) is 4. The molecule has 3 nitrogen and oxygen atoms in total. The highest BCUT2D eigenvalue weighted by molar-refractivity contribution is 7.99. The van der Waals surface area contributed by atoms with E-state index < -0.39 is 0 Å². The molecular weight excluding hydrogens is 254 g/mol. The Morgan fingerprint density at radius 3 is 2.79 bits per heavy atom. The molecule has 0 saturated carbocycles. The maximum atomic E-state index is 5.67. The third kappa shape index (κ3) is 3.93. The SMILES string of the molecule is CC(C)SCC(Cc1ccnc2ccccc12)NN.